The summed E-state index contributed by atoms with van der Waals surface area (Å²) >= 11 is 0. The van der Waals surface area contributed by atoms with Crippen LogP contribution in [0.25, 0.3) is 0 Å². The van der Waals surface area contributed by atoms with Crippen LogP contribution in [-0.4, -0.2) is 42.1 Å². The third-order valence-electron chi connectivity index (χ3n) is 2.87. The fourth-order valence-electron chi connectivity index (χ4n) is 1.82. The second-order valence-electron chi connectivity index (χ2n) is 4.73. The van der Waals surface area contributed by atoms with E-state index < -0.39 is 0 Å². The Labute approximate surface area is 126 Å². The predicted molar refractivity (Wildman–Crippen MR) is 85.3 cm³/mol. The lowest BCUT2D eigenvalue weighted by molar-refractivity contribution is 0.412. The van der Waals surface area contributed by atoms with Crippen molar-refractivity contribution >= 4 is 18.2 Å². The summed E-state index contributed by atoms with van der Waals surface area (Å²) in [5.41, 5.74) is 1.06. The van der Waals surface area contributed by atoms with Gasteiger partial charge in [0.15, 0.2) is 0 Å². The number of hydrogen-bond acceptors (Lipinski definition) is 4. The van der Waals surface area contributed by atoms with E-state index in [1.165, 1.54) is 0 Å². The smallest absolute Gasteiger partial charge is 0.128 e. The van der Waals surface area contributed by atoms with E-state index in [0.717, 1.165) is 31.1 Å². The third kappa shape index (κ3) is 5.15. The molecule has 0 aliphatic carbocycles. The van der Waals surface area contributed by atoms with E-state index in [1.807, 2.05) is 48.8 Å². The monoisotopic (exact) mass is 292 g/mol. The van der Waals surface area contributed by atoms with Gasteiger partial charge >= 0.3 is 0 Å². The van der Waals surface area contributed by atoms with Gasteiger partial charge in [-0.3, -0.25) is 4.98 Å². The molecule has 0 saturated carbocycles. The number of anilines is 1. The van der Waals surface area contributed by atoms with Crippen LogP contribution in [0.1, 0.15) is 5.69 Å². The number of aromatic nitrogens is 2. The van der Waals surface area contributed by atoms with Crippen molar-refractivity contribution in [1.82, 2.24) is 14.9 Å². The number of pyridine rings is 2. The highest BCUT2D eigenvalue weighted by Crippen LogP contribution is 2.12. The van der Waals surface area contributed by atoms with Gasteiger partial charge in [-0.1, -0.05) is 12.1 Å². The minimum atomic E-state index is 0. The molecule has 2 aromatic rings. The molecule has 0 bridgehead atoms. The van der Waals surface area contributed by atoms with Crippen molar-refractivity contribution in [2.75, 3.05) is 32.1 Å². The van der Waals surface area contributed by atoms with Crippen LogP contribution in [0.2, 0.25) is 0 Å². The van der Waals surface area contributed by atoms with Crippen molar-refractivity contribution in [3.05, 3.63) is 54.5 Å². The van der Waals surface area contributed by atoms with E-state index in [-0.39, 0.29) is 12.4 Å². The molecule has 108 valence electrons. The van der Waals surface area contributed by atoms with Gasteiger partial charge in [-0.2, -0.15) is 0 Å². The summed E-state index contributed by atoms with van der Waals surface area (Å²) in [7, 11) is 4.16. The first-order chi connectivity index (χ1) is 9.25. The molecule has 5 heteroatoms. The summed E-state index contributed by atoms with van der Waals surface area (Å²) in [6.07, 6.45) is 3.66. The molecule has 2 aromatic heterocycles. The summed E-state index contributed by atoms with van der Waals surface area (Å²) in [5.74, 6) is 0.995. The van der Waals surface area contributed by atoms with Gasteiger partial charge in [-0.05, 0) is 38.4 Å². The lowest BCUT2D eigenvalue weighted by Gasteiger charge is -2.25. The zero-order valence-electron chi connectivity index (χ0n) is 11.9. The molecule has 2 rings (SSSR count). The predicted octanol–water partition coefficient (Wildman–Crippen LogP) is 2.47. The van der Waals surface area contributed by atoms with Crippen molar-refractivity contribution in [3.8, 4) is 0 Å². The number of halogens is 1. The molecule has 0 amide bonds. The van der Waals surface area contributed by atoms with Crippen molar-refractivity contribution in [2.24, 2.45) is 0 Å². The minimum Gasteiger partial charge on any atom is -0.349 e. The molecule has 0 fully saturated rings. The molecule has 0 aromatic carbocycles. The van der Waals surface area contributed by atoms with Crippen LogP contribution in [0.3, 0.4) is 0 Å². The molecule has 0 saturated heterocycles. The number of rotatable bonds is 6. The molecular weight excluding hydrogens is 272 g/mol. The molecule has 0 aliphatic rings. The van der Waals surface area contributed by atoms with Gasteiger partial charge in [0.2, 0.25) is 0 Å². The van der Waals surface area contributed by atoms with Crippen LogP contribution in [0, 0.1) is 0 Å². The standard InChI is InChI=1S/C15H20N4.ClH/c1-18(2)11-12-19(15-8-4-6-10-17-15)13-14-7-3-5-9-16-14;/h3-10H,11-13H2,1-2H3;1H. The van der Waals surface area contributed by atoms with E-state index in [1.54, 1.807) is 0 Å². The zero-order valence-corrected chi connectivity index (χ0v) is 12.8. The quantitative estimate of drug-likeness (QED) is 0.819. The highest BCUT2D eigenvalue weighted by Gasteiger charge is 2.09. The van der Waals surface area contributed by atoms with E-state index >= 15 is 0 Å². The minimum absolute atomic E-state index is 0. The Balaban J connectivity index is 0.00000200. The Morgan fingerprint density at radius 2 is 1.60 bits per heavy atom. The summed E-state index contributed by atoms with van der Waals surface area (Å²) in [6, 6.07) is 12.0. The first kappa shape index (κ1) is 16.4. The van der Waals surface area contributed by atoms with Crippen LogP contribution < -0.4 is 4.90 Å². The van der Waals surface area contributed by atoms with Crippen molar-refractivity contribution in [2.45, 2.75) is 6.54 Å². The molecule has 0 aliphatic heterocycles. The molecule has 2 heterocycles. The van der Waals surface area contributed by atoms with E-state index in [9.17, 15) is 0 Å². The topological polar surface area (TPSA) is 32.3 Å². The maximum Gasteiger partial charge on any atom is 0.128 e. The van der Waals surface area contributed by atoms with Crippen LogP contribution >= 0.6 is 12.4 Å². The second kappa shape index (κ2) is 8.51. The lowest BCUT2D eigenvalue weighted by atomic mass is 10.3. The lowest BCUT2D eigenvalue weighted by Crippen LogP contribution is -2.32. The highest BCUT2D eigenvalue weighted by molar-refractivity contribution is 5.85. The van der Waals surface area contributed by atoms with E-state index in [4.69, 9.17) is 0 Å². The second-order valence-corrected chi connectivity index (χ2v) is 4.73. The third-order valence-corrected chi connectivity index (χ3v) is 2.87. The molecule has 0 N–H and O–H groups in total. The Morgan fingerprint density at radius 1 is 0.900 bits per heavy atom. The normalized spacial score (nSPS) is 10.2. The Hall–Kier alpha value is -1.65. The fourth-order valence-corrected chi connectivity index (χ4v) is 1.82. The molecule has 20 heavy (non-hydrogen) atoms. The summed E-state index contributed by atoms with van der Waals surface area (Å²) < 4.78 is 0. The SMILES string of the molecule is CN(C)CCN(Cc1ccccn1)c1ccccn1.Cl. The van der Waals surface area contributed by atoms with Gasteiger partial charge in [0.25, 0.3) is 0 Å². The molecule has 0 atom stereocenters. The van der Waals surface area contributed by atoms with Gasteiger partial charge < -0.3 is 9.80 Å². The number of likely N-dealkylation sites (N-methyl/N-ethyl adjacent to an activating group) is 1. The van der Waals surface area contributed by atoms with Crippen molar-refractivity contribution in [3.63, 3.8) is 0 Å². The van der Waals surface area contributed by atoms with E-state index in [0.29, 0.717) is 0 Å². The number of nitrogens with zero attached hydrogens (tertiary/aromatic N) is 4. The number of hydrogen-bond donors (Lipinski definition) is 0. The molecule has 0 radical (unpaired) electrons. The van der Waals surface area contributed by atoms with Gasteiger partial charge in [-0.25, -0.2) is 4.98 Å². The average Bonchev–Trinajstić information content (AvgIpc) is 2.45. The Kier molecular flexibility index (Phi) is 6.98. The van der Waals surface area contributed by atoms with Gasteiger partial charge in [-0.15, -0.1) is 12.4 Å². The molecule has 4 nitrogen and oxygen atoms in total. The highest BCUT2D eigenvalue weighted by atomic mass is 35.5. The van der Waals surface area contributed by atoms with Crippen molar-refractivity contribution in [1.29, 1.82) is 0 Å². The summed E-state index contributed by atoms with van der Waals surface area (Å²) in [6.45, 7) is 2.70. The van der Waals surface area contributed by atoms with Gasteiger partial charge in [0, 0.05) is 25.5 Å². The molecule has 0 spiro atoms. The maximum atomic E-state index is 4.43. The summed E-state index contributed by atoms with van der Waals surface area (Å²) in [4.78, 5) is 13.2. The first-order valence-corrected chi connectivity index (χ1v) is 6.46. The maximum absolute atomic E-state index is 4.43. The first-order valence-electron chi connectivity index (χ1n) is 6.46. The molecule has 0 unspecified atom stereocenters. The van der Waals surface area contributed by atoms with Crippen LogP contribution in [0.15, 0.2) is 48.8 Å². The fraction of sp³-hybridized carbons (Fsp3) is 0.333. The average molecular weight is 293 g/mol. The summed E-state index contributed by atoms with van der Waals surface area (Å²) in [5, 5.41) is 0. The Bertz CT molecular complexity index is 476. The van der Waals surface area contributed by atoms with Crippen LogP contribution in [0.4, 0.5) is 5.82 Å². The van der Waals surface area contributed by atoms with Crippen LogP contribution in [-0.2, 0) is 6.54 Å². The largest absolute Gasteiger partial charge is 0.349 e. The Morgan fingerprint density at radius 3 is 2.15 bits per heavy atom. The van der Waals surface area contributed by atoms with Crippen molar-refractivity contribution < 1.29 is 0 Å². The van der Waals surface area contributed by atoms with E-state index in [2.05, 4.69) is 33.9 Å². The van der Waals surface area contributed by atoms with Gasteiger partial charge in [0.1, 0.15) is 5.82 Å². The molecular formula is C15H21ClN4. The zero-order chi connectivity index (χ0) is 13.5. The van der Waals surface area contributed by atoms with Gasteiger partial charge in [0.05, 0.1) is 12.2 Å². The van der Waals surface area contributed by atoms with Crippen LogP contribution in [0.5, 0.6) is 0 Å².